The Morgan fingerprint density at radius 1 is 1.00 bits per heavy atom. The van der Waals surface area contributed by atoms with Crippen LogP contribution >= 0.6 is 12.6 Å². The maximum atomic E-state index is 3.63. The summed E-state index contributed by atoms with van der Waals surface area (Å²) >= 11 is 3.53. The first-order chi connectivity index (χ1) is 9.08. The Balaban J connectivity index is -0.0000000513. The number of rotatable bonds is 4. The van der Waals surface area contributed by atoms with Gasteiger partial charge < -0.3 is 0 Å². The van der Waals surface area contributed by atoms with Crippen molar-refractivity contribution in [2.24, 2.45) is 5.92 Å². The molecule has 0 saturated carbocycles. The van der Waals surface area contributed by atoms with Crippen molar-refractivity contribution in [3.8, 4) is 0 Å². The highest BCUT2D eigenvalue weighted by atomic mass is 32.1. The van der Waals surface area contributed by atoms with Crippen LogP contribution in [0.2, 0.25) is 0 Å². The lowest BCUT2D eigenvalue weighted by atomic mass is 10.2. The number of hydrogen-bond acceptors (Lipinski definition) is 1. The van der Waals surface area contributed by atoms with Crippen LogP contribution in [0.3, 0.4) is 0 Å². The summed E-state index contributed by atoms with van der Waals surface area (Å²) < 4.78 is 0. The zero-order chi connectivity index (χ0) is 16.7. The van der Waals surface area contributed by atoms with Crippen molar-refractivity contribution >= 4 is 12.6 Å². The molecule has 1 atom stereocenters. The fourth-order valence-corrected chi connectivity index (χ4v) is 0.332. The standard InChI is InChI=1S/C8H12.C5H8.2C2H6.CH4S/c1-4-6-7-8(3)5-2;1-4-5(2)3;3*1-2/h4-8H,1-2H2,3H3;4H,1-2H2,3H3;2*1-2H3;2H,1H3/b7-6-;;;;. The molecule has 0 bridgehead atoms. The maximum absolute atomic E-state index is 3.63. The molecule has 1 unspecified atom stereocenters. The third kappa shape index (κ3) is 77.7. The molecular weight excluding hydrogens is 248 g/mol. The topological polar surface area (TPSA) is 0 Å². The minimum Gasteiger partial charge on any atom is -0.183 e. The van der Waals surface area contributed by atoms with E-state index in [1.165, 1.54) is 0 Å². The Bertz CT molecular complexity index is 200. The van der Waals surface area contributed by atoms with Gasteiger partial charge in [0.05, 0.1) is 0 Å². The predicted octanol–water partition coefficient (Wildman–Crippen LogP) is 6.90. The van der Waals surface area contributed by atoms with Gasteiger partial charge in [-0.3, -0.25) is 0 Å². The second-order valence-corrected chi connectivity index (χ2v) is 2.77. The average molecular weight is 285 g/mol. The number of allylic oxidation sites excluding steroid dienone is 6. The third-order valence-electron chi connectivity index (χ3n) is 1.27. The van der Waals surface area contributed by atoms with E-state index >= 15 is 0 Å². The Kier molecular flexibility index (Phi) is 70.5. The monoisotopic (exact) mass is 284 g/mol. The van der Waals surface area contributed by atoms with Crippen LogP contribution in [0.15, 0.2) is 62.3 Å². The first-order valence-corrected chi connectivity index (χ1v) is 7.62. The molecule has 19 heavy (non-hydrogen) atoms. The lowest BCUT2D eigenvalue weighted by Gasteiger charge is -1.90. The van der Waals surface area contributed by atoms with Gasteiger partial charge in [0.25, 0.3) is 0 Å². The van der Waals surface area contributed by atoms with E-state index in [2.05, 4.69) is 45.9 Å². The lowest BCUT2D eigenvalue weighted by Crippen LogP contribution is -1.77. The number of thiol groups is 1. The molecule has 0 rings (SSSR count). The van der Waals surface area contributed by atoms with Crippen molar-refractivity contribution < 1.29 is 0 Å². The van der Waals surface area contributed by atoms with Gasteiger partial charge in [-0.1, -0.05) is 90.3 Å². The molecule has 0 aliphatic rings. The van der Waals surface area contributed by atoms with Crippen LogP contribution in [-0.2, 0) is 0 Å². The van der Waals surface area contributed by atoms with Crippen LogP contribution in [0.5, 0.6) is 0 Å². The summed E-state index contributed by atoms with van der Waals surface area (Å²) in [5.41, 5.74) is 1.02. The summed E-state index contributed by atoms with van der Waals surface area (Å²) in [4.78, 5) is 0. The molecule has 0 amide bonds. The fourth-order valence-electron chi connectivity index (χ4n) is 0.332. The summed E-state index contributed by atoms with van der Waals surface area (Å²) in [6.45, 7) is 26.2. The van der Waals surface area contributed by atoms with Crippen LogP contribution in [0.1, 0.15) is 41.5 Å². The smallest absolute Gasteiger partial charge is 0.00814 e. The van der Waals surface area contributed by atoms with Gasteiger partial charge in [0.1, 0.15) is 0 Å². The molecule has 0 aliphatic carbocycles. The highest BCUT2D eigenvalue weighted by molar-refractivity contribution is 7.79. The van der Waals surface area contributed by atoms with Crippen LogP contribution < -0.4 is 0 Å². The Morgan fingerprint density at radius 2 is 1.32 bits per heavy atom. The van der Waals surface area contributed by atoms with Gasteiger partial charge in [0.2, 0.25) is 0 Å². The fraction of sp³-hybridized carbons (Fsp3) is 0.444. The summed E-state index contributed by atoms with van der Waals surface area (Å²) in [7, 11) is 0. The van der Waals surface area contributed by atoms with Crippen LogP contribution in [0, 0.1) is 5.92 Å². The lowest BCUT2D eigenvalue weighted by molar-refractivity contribution is 0.944. The SMILES string of the molecule is C=C/C=C\C(C)C=C.C=CC(=C)C.CC.CC.CS. The summed E-state index contributed by atoms with van der Waals surface area (Å²) in [5, 5.41) is 0. The summed E-state index contributed by atoms with van der Waals surface area (Å²) in [5.74, 6) is 0.466. The van der Waals surface area contributed by atoms with E-state index in [1.54, 1.807) is 18.4 Å². The maximum Gasteiger partial charge on any atom is -0.00814 e. The molecule has 0 heterocycles. The van der Waals surface area contributed by atoms with Gasteiger partial charge in [0, 0.05) is 0 Å². The van der Waals surface area contributed by atoms with Gasteiger partial charge in [-0.05, 0) is 19.1 Å². The molecule has 0 radical (unpaired) electrons. The molecule has 0 N–H and O–H groups in total. The van der Waals surface area contributed by atoms with Crippen LogP contribution in [-0.4, -0.2) is 6.26 Å². The Morgan fingerprint density at radius 3 is 1.47 bits per heavy atom. The summed E-state index contributed by atoms with van der Waals surface area (Å²) in [6.07, 6.45) is 11.0. The van der Waals surface area contributed by atoms with Crippen molar-refractivity contribution in [2.75, 3.05) is 6.26 Å². The third-order valence-corrected chi connectivity index (χ3v) is 1.27. The van der Waals surface area contributed by atoms with E-state index in [0.717, 1.165) is 5.57 Å². The van der Waals surface area contributed by atoms with E-state index in [0.29, 0.717) is 5.92 Å². The normalized spacial score (nSPS) is 8.42. The van der Waals surface area contributed by atoms with Crippen LogP contribution in [0.25, 0.3) is 0 Å². The minimum atomic E-state index is 0.466. The summed E-state index contributed by atoms with van der Waals surface area (Å²) in [6, 6.07) is 0. The van der Waals surface area contributed by atoms with Crippen molar-refractivity contribution in [1.82, 2.24) is 0 Å². The van der Waals surface area contributed by atoms with Crippen molar-refractivity contribution in [3.63, 3.8) is 0 Å². The second kappa shape index (κ2) is 43.5. The molecule has 0 spiro atoms. The van der Waals surface area contributed by atoms with E-state index in [1.807, 2.05) is 52.8 Å². The van der Waals surface area contributed by atoms with Crippen molar-refractivity contribution in [3.05, 3.63) is 62.3 Å². The molecule has 0 aromatic carbocycles. The molecule has 0 fully saturated rings. The minimum absolute atomic E-state index is 0.466. The second-order valence-electron chi connectivity index (χ2n) is 2.77. The molecule has 0 aromatic rings. The first kappa shape index (κ1) is 30.8. The zero-order valence-electron chi connectivity index (χ0n) is 14.2. The zero-order valence-corrected chi connectivity index (χ0v) is 15.1. The van der Waals surface area contributed by atoms with Gasteiger partial charge >= 0.3 is 0 Å². The Labute approximate surface area is 129 Å². The van der Waals surface area contributed by atoms with Gasteiger partial charge in [0.15, 0.2) is 0 Å². The molecule has 0 aromatic heterocycles. The number of hydrogen-bond donors (Lipinski definition) is 1. The molecular formula is C18H36S. The molecule has 114 valence electrons. The Hall–Kier alpha value is -0.950. The molecule has 0 aliphatic heterocycles. The van der Waals surface area contributed by atoms with Crippen molar-refractivity contribution in [2.45, 2.75) is 41.5 Å². The van der Waals surface area contributed by atoms with Gasteiger partial charge in [-0.2, -0.15) is 12.6 Å². The average Bonchev–Trinajstić information content (AvgIpc) is 2.51. The largest absolute Gasteiger partial charge is 0.183 e. The quantitative estimate of drug-likeness (QED) is 0.324. The predicted molar refractivity (Wildman–Crippen MR) is 101 cm³/mol. The van der Waals surface area contributed by atoms with Crippen LogP contribution in [0.4, 0.5) is 0 Å². The van der Waals surface area contributed by atoms with E-state index in [-0.39, 0.29) is 0 Å². The van der Waals surface area contributed by atoms with E-state index in [4.69, 9.17) is 0 Å². The molecule has 0 saturated heterocycles. The molecule has 1 heteroatoms. The van der Waals surface area contributed by atoms with E-state index in [9.17, 15) is 0 Å². The highest BCUT2D eigenvalue weighted by Crippen LogP contribution is 1.95. The van der Waals surface area contributed by atoms with Crippen molar-refractivity contribution in [1.29, 1.82) is 0 Å². The van der Waals surface area contributed by atoms with Gasteiger partial charge in [-0.15, -0.1) is 6.58 Å². The molecule has 0 nitrogen and oxygen atoms in total. The van der Waals surface area contributed by atoms with E-state index < -0.39 is 0 Å². The first-order valence-electron chi connectivity index (χ1n) is 6.72. The van der Waals surface area contributed by atoms with Gasteiger partial charge in [-0.25, -0.2) is 0 Å². The highest BCUT2D eigenvalue weighted by Gasteiger charge is 1.81.